The SMILES string of the molecule is C[C@H]1CC[C@@H](O)C2=CC(=O)C([C@]3(C)OC=C(C(=O)O)C[C@@H]3O)=C[C@@]21C. The molecule has 1 saturated carbocycles. The number of carboxylic acids is 1. The minimum Gasteiger partial charge on any atom is -0.487 e. The molecule has 3 N–H and O–H groups in total. The summed E-state index contributed by atoms with van der Waals surface area (Å²) in [6, 6.07) is 0. The fourth-order valence-corrected chi connectivity index (χ4v) is 4.07. The van der Waals surface area contributed by atoms with E-state index >= 15 is 0 Å². The Morgan fingerprint density at radius 3 is 2.56 bits per heavy atom. The van der Waals surface area contributed by atoms with E-state index < -0.39 is 29.2 Å². The van der Waals surface area contributed by atoms with Crippen LogP contribution in [0.25, 0.3) is 0 Å². The number of carboxylic acid groups (broad SMARTS) is 1. The number of aliphatic hydroxyl groups excluding tert-OH is 2. The van der Waals surface area contributed by atoms with Crippen LogP contribution in [0.1, 0.15) is 40.0 Å². The molecule has 0 aromatic rings. The lowest BCUT2D eigenvalue weighted by Gasteiger charge is -2.47. The summed E-state index contributed by atoms with van der Waals surface area (Å²) in [7, 11) is 0. The van der Waals surface area contributed by atoms with Gasteiger partial charge in [-0.1, -0.05) is 19.9 Å². The first-order chi connectivity index (χ1) is 11.6. The summed E-state index contributed by atoms with van der Waals surface area (Å²) in [5, 5.41) is 29.9. The number of rotatable bonds is 2. The van der Waals surface area contributed by atoms with Gasteiger partial charge in [0.05, 0.1) is 17.9 Å². The van der Waals surface area contributed by atoms with Crippen molar-refractivity contribution in [1.82, 2.24) is 0 Å². The Balaban J connectivity index is 2.03. The number of allylic oxidation sites excluding steroid dienone is 2. The van der Waals surface area contributed by atoms with E-state index in [1.807, 2.05) is 6.92 Å². The second-order valence-corrected chi connectivity index (χ2v) is 7.69. The number of ketones is 1. The molecule has 3 rings (SSSR count). The van der Waals surface area contributed by atoms with E-state index in [0.29, 0.717) is 17.6 Å². The third-order valence-corrected chi connectivity index (χ3v) is 6.18. The number of fused-ring (bicyclic) bond motifs is 1. The summed E-state index contributed by atoms with van der Waals surface area (Å²) in [6.07, 6.45) is 3.95. The Bertz CT molecular complexity index is 717. The molecule has 136 valence electrons. The van der Waals surface area contributed by atoms with Gasteiger partial charge in [-0.15, -0.1) is 0 Å². The zero-order chi connectivity index (χ0) is 18.6. The Kier molecular flexibility index (Phi) is 4.16. The third-order valence-electron chi connectivity index (χ3n) is 6.18. The highest BCUT2D eigenvalue weighted by molar-refractivity contribution is 6.07. The van der Waals surface area contributed by atoms with E-state index in [1.54, 1.807) is 13.0 Å². The maximum atomic E-state index is 12.7. The molecule has 2 aliphatic carbocycles. The van der Waals surface area contributed by atoms with E-state index in [1.165, 1.54) is 6.08 Å². The summed E-state index contributed by atoms with van der Waals surface area (Å²) < 4.78 is 5.57. The van der Waals surface area contributed by atoms with Crippen molar-refractivity contribution in [2.45, 2.75) is 57.8 Å². The van der Waals surface area contributed by atoms with Crippen LogP contribution < -0.4 is 0 Å². The van der Waals surface area contributed by atoms with Gasteiger partial charge in [0.25, 0.3) is 0 Å². The summed E-state index contributed by atoms with van der Waals surface area (Å²) in [6.45, 7) is 5.66. The average Bonchev–Trinajstić information content (AvgIpc) is 2.55. The first kappa shape index (κ1) is 17.9. The minimum atomic E-state index is -1.32. The van der Waals surface area contributed by atoms with Crippen molar-refractivity contribution in [3.8, 4) is 0 Å². The second kappa shape index (κ2) is 5.81. The van der Waals surface area contributed by atoms with Gasteiger partial charge in [0.15, 0.2) is 11.4 Å². The first-order valence-electron chi connectivity index (χ1n) is 8.55. The molecular formula is C19H24O6. The van der Waals surface area contributed by atoms with E-state index in [-0.39, 0.29) is 23.7 Å². The molecule has 1 heterocycles. The summed E-state index contributed by atoms with van der Waals surface area (Å²) in [5.41, 5.74) is -0.825. The van der Waals surface area contributed by atoms with Crippen LogP contribution in [0.2, 0.25) is 0 Å². The lowest BCUT2D eigenvalue weighted by Crippen LogP contribution is -2.50. The molecule has 6 nitrogen and oxygen atoms in total. The molecule has 1 aliphatic heterocycles. The predicted molar refractivity (Wildman–Crippen MR) is 89.5 cm³/mol. The summed E-state index contributed by atoms with van der Waals surface area (Å²) in [4.78, 5) is 23.8. The van der Waals surface area contributed by atoms with E-state index in [9.17, 15) is 19.8 Å². The van der Waals surface area contributed by atoms with Crippen molar-refractivity contribution in [3.63, 3.8) is 0 Å². The molecule has 0 radical (unpaired) electrons. The van der Waals surface area contributed by atoms with Gasteiger partial charge in [-0.2, -0.15) is 0 Å². The number of hydrogen-bond acceptors (Lipinski definition) is 5. The Labute approximate surface area is 146 Å². The van der Waals surface area contributed by atoms with Crippen molar-refractivity contribution in [2.75, 3.05) is 0 Å². The molecule has 0 unspecified atom stereocenters. The normalized spacial score (nSPS) is 41.1. The quantitative estimate of drug-likeness (QED) is 0.702. The molecule has 5 atom stereocenters. The van der Waals surface area contributed by atoms with Crippen LogP contribution in [0, 0.1) is 11.3 Å². The van der Waals surface area contributed by atoms with E-state index in [2.05, 4.69) is 6.92 Å². The minimum absolute atomic E-state index is 0.0299. The molecule has 0 aromatic heterocycles. The van der Waals surface area contributed by atoms with Crippen LogP contribution in [0.15, 0.2) is 35.1 Å². The number of ether oxygens (including phenoxy) is 1. The lowest BCUT2D eigenvalue weighted by atomic mass is 9.60. The molecule has 0 bridgehead atoms. The molecule has 1 fully saturated rings. The van der Waals surface area contributed by atoms with Gasteiger partial charge in [-0.05, 0) is 37.3 Å². The maximum Gasteiger partial charge on any atom is 0.334 e. The molecule has 0 spiro atoms. The van der Waals surface area contributed by atoms with Crippen molar-refractivity contribution in [2.24, 2.45) is 11.3 Å². The van der Waals surface area contributed by atoms with Crippen LogP contribution in [0.4, 0.5) is 0 Å². The number of hydrogen-bond donors (Lipinski definition) is 3. The standard InChI is InChI=1S/C19H24O6/c1-10-4-5-14(20)12-7-15(21)13(8-18(10,12)2)19(3)16(22)6-11(9-25-19)17(23)24/h7-10,14,16,20,22H,4-6H2,1-3H3,(H,23,24)/t10-,14+,16-,18+,19-/m0/s1. The highest BCUT2D eigenvalue weighted by atomic mass is 16.5. The van der Waals surface area contributed by atoms with Gasteiger partial charge in [0, 0.05) is 17.4 Å². The molecule has 3 aliphatic rings. The van der Waals surface area contributed by atoms with Gasteiger partial charge in [0.2, 0.25) is 0 Å². The topological polar surface area (TPSA) is 104 Å². The maximum absolute atomic E-state index is 12.7. The second-order valence-electron chi connectivity index (χ2n) is 7.69. The van der Waals surface area contributed by atoms with Gasteiger partial charge in [-0.3, -0.25) is 4.79 Å². The molecular weight excluding hydrogens is 324 g/mol. The Morgan fingerprint density at radius 1 is 1.28 bits per heavy atom. The monoisotopic (exact) mass is 348 g/mol. The highest BCUT2D eigenvalue weighted by Gasteiger charge is 2.50. The van der Waals surface area contributed by atoms with Gasteiger partial charge in [-0.25, -0.2) is 4.79 Å². The van der Waals surface area contributed by atoms with E-state index in [4.69, 9.17) is 9.84 Å². The number of carbonyl (C=O) groups excluding carboxylic acids is 1. The zero-order valence-corrected chi connectivity index (χ0v) is 14.7. The van der Waals surface area contributed by atoms with Crippen LogP contribution in [0.3, 0.4) is 0 Å². The van der Waals surface area contributed by atoms with Crippen molar-refractivity contribution >= 4 is 11.8 Å². The molecule has 0 aromatic carbocycles. The average molecular weight is 348 g/mol. The molecule has 25 heavy (non-hydrogen) atoms. The largest absolute Gasteiger partial charge is 0.487 e. The smallest absolute Gasteiger partial charge is 0.334 e. The van der Waals surface area contributed by atoms with E-state index in [0.717, 1.165) is 12.7 Å². The van der Waals surface area contributed by atoms with Crippen molar-refractivity contribution < 1.29 is 29.6 Å². The third kappa shape index (κ3) is 2.64. The van der Waals surface area contributed by atoms with Crippen molar-refractivity contribution in [3.05, 3.63) is 35.1 Å². The zero-order valence-electron chi connectivity index (χ0n) is 14.7. The van der Waals surface area contributed by atoms with Crippen LogP contribution >= 0.6 is 0 Å². The van der Waals surface area contributed by atoms with Crippen LogP contribution in [-0.2, 0) is 14.3 Å². The molecule has 0 amide bonds. The van der Waals surface area contributed by atoms with Gasteiger partial charge in [0.1, 0.15) is 6.10 Å². The number of carbonyl (C=O) groups is 2. The van der Waals surface area contributed by atoms with Crippen LogP contribution in [-0.4, -0.2) is 44.9 Å². The Morgan fingerprint density at radius 2 is 1.96 bits per heavy atom. The Hall–Kier alpha value is -1.92. The summed E-state index contributed by atoms with van der Waals surface area (Å²) >= 11 is 0. The summed E-state index contributed by atoms with van der Waals surface area (Å²) in [5.74, 6) is -1.24. The molecule has 0 saturated heterocycles. The fraction of sp³-hybridized carbons (Fsp3) is 0.579. The fourth-order valence-electron chi connectivity index (χ4n) is 4.07. The van der Waals surface area contributed by atoms with Crippen LogP contribution in [0.5, 0.6) is 0 Å². The lowest BCUT2D eigenvalue weighted by molar-refractivity contribution is -0.135. The number of aliphatic carboxylic acids is 1. The molecule has 6 heteroatoms. The highest BCUT2D eigenvalue weighted by Crippen LogP contribution is 2.50. The van der Waals surface area contributed by atoms with Gasteiger partial charge >= 0.3 is 5.97 Å². The predicted octanol–water partition coefficient (Wildman–Crippen LogP) is 1.73. The number of aliphatic hydroxyl groups is 2. The van der Waals surface area contributed by atoms with Gasteiger partial charge < -0.3 is 20.1 Å². The first-order valence-corrected chi connectivity index (χ1v) is 8.55. The van der Waals surface area contributed by atoms with Crippen molar-refractivity contribution in [1.29, 1.82) is 0 Å².